The Bertz CT molecular complexity index is 348. The van der Waals surface area contributed by atoms with Gasteiger partial charge >= 0.3 is 16.5 Å². The molecule has 0 bridgehead atoms. The van der Waals surface area contributed by atoms with E-state index < -0.39 is 0 Å². The van der Waals surface area contributed by atoms with Crippen LogP contribution in [0.3, 0.4) is 0 Å². The summed E-state index contributed by atoms with van der Waals surface area (Å²) in [6, 6.07) is 1.87. The summed E-state index contributed by atoms with van der Waals surface area (Å²) in [5.74, 6) is -0.599. The van der Waals surface area contributed by atoms with Crippen molar-refractivity contribution < 1.29 is 26.7 Å². The molecule has 3 heteroatoms. The molecule has 0 amide bonds. The summed E-state index contributed by atoms with van der Waals surface area (Å²) < 4.78 is 0. The molecule has 92 valence electrons. The van der Waals surface area contributed by atoms with E-state index >= 15 is 0 Å². The number of benzene rings is 1. The van der Waals surface area contributed by atoms with Crippen molar-refractivity contribution in [3.8, 4) is 11.5 Å². The fraction of sp³-hybridized carbons (Fsp3) is 0.538. The second kappa shape index (κ2) is 6.80. The van der Waals surface area contributed by atoms with Crippen molar-refractivity contribution in [2.45, 2.75) is 46.5 Å². The summed E-state index contributed by atoms with van der Waals surface area (Å²) in [4.78, 5) is 0. The van der Waals surface area contributed by atoms with Crippen molar-refractivity contribution in [2.24, 2.45) is 0 Å². The summed E-state index contributed by atoms with van der Waals surface area (Å²) in [5.41, 5.74) is 2.37. The average Bonchev–Trinajstić information content (AvgIpc) is 2.24. The topological polar surface area (TPSA) is 46.1 Å². The Kier molecular flexibility index (Phi) is 6.51. The molecule has 0 unspecified atom stereocenters. The van der Waals surface area contributed by atoms with E-state index in [0.29, 0.717) is 5.56 Å². The number of rotatable bonds is 4. The van der Waals surface area contributed by atoms with Crippen LogP contribution in [0.4, 0.5) is 0 Å². The largest absolute Gasteiger partial charge is 2.00 e. The van der Waals surface area contributed by atoms with Crippen molar-refractivity contribution in [2.75, 3.05) is 0 Å². The van der Waals surface area contributed by atoms with Gasteiger partial charge in [-0.1, -0.05) is 37.5 Å². The van der Waals surface area contributed by atoms with Crippen LogP contribution in [0.5, 0.6) is 11.5 Å². The summed E-state index contributed by atoms with van der Waals surface area (Å²) in [5, 5.41) is 23.3. The van der Waals surface area contributed by atoms with Gasteiger partial charge in [0.15, 0.2) is 0 Å². The summed E-state index contributed by atoms with van der Waals surface area (Å²) in [7, 11) is 0. The van der Waals surface area contributed by atoms with E-state index in [0.717, 1.165) is 36.8 Å². The zero-order valence-electron chi connectivity index (χ0n) is 10.0. The van der Waals surface area contributed by atoms with Crippen LogP contribution < -0.4 is 10.2 Å². The van der Waals surface area contributed by atoms with Crippen molar-refractivity contribution in [3.05, 3.63) is 22.8 Å². The first-order chi connectivity index (χ1) is 7.11. The minimum absolute atomic E-state index is 0. The van der Waals surface area contributed by atoms with Crippen LogP contribution in [0.1, 0.15) is 43.4 Å². The molecule has 0 aliphatic heterocycles. The summed E-state index contributed by atoms with van der Waals surface area (Å²) in [6.07, 6.45) is 3.60. The third-order valence-electron chi connectivity index (χ3n) is 2.78. The Morgan fingerprint density at radius 3 is 2.25 bits per heavy atom. The van der Waals surface area contributed by atoms with Crippen LogP contribution in [-0.4, -0.2) is 0 Å². The molecular formula is C13H18NiO2. The number of hydrogen-bond donors (Lipinski definition) is 0. The van der Waals surface area contributed by atoms with Gasteiger partial charge in [-0.2, -0.15) is 0 Å². The number of aryl methyl sites for hydroxylation is 2. The maximum Gasteiger partial charge on any atom is 2.00 e. The Balaban J connectivity index is 0.00000225. The van der Waals surface area contributed by atoms with E-state index in [1.165, 1.54) is 0 Å². The van der Waals surface area contributed by atoms with Gasteiger partial charge in [-0.05, 0) is 31.7 Å². The monoisotopic (exact) mass is 264 g/mol. The van der Waals surface area contributed by atoms with Gasteiger partial charge in [-0.15, -0.1) is 11.5 Å². The zero-order chi connectivity index (χ0) is 11.4. The first-order valence-corrected chi connectivity index (χ1v) is 5.61. The van der Waals surface area contributed by atoms with Crippen LogP contribution in [0.25, 0.3) is 0 Å². The average molecular weight is 265 g/mol. The zero-order valence-corrected chi connectivity index (χ0v) is 11.0. The molecule has 0 N–H and O–H groups in total. The van der Waals surface area contributed by atoms with Crippen LogP contribution in [0.2, 0.25) is 0 Å². The molecule has 0 aliphatic carbocycles. The van der Waals surface area contributed by atoms with Crippen LogP contribution in [-0.2, 0) is 29.3 Å². The second-order valence-electron chi connectivity index (χ2n) is 3.95. The summed E-state index contributed by atoms with van der Waals surface area (Å²) in [6.45, 7) is 5.82. The molecule has 0 saturated heterocycles. The molecular weight excluding hydrogens is 247 g/mol. The molecule has 1 aromatic carbocycles. The third kappa shape index (κ3) is 3.15. The van der Waals surface area contributed by atoms with E-state index in [1.54, 1.807) is 6.92 Å². The molecule has 0 spiro atoms. The molecule has 0 aliphatic rings. The standard InChI is InChI=1S/C13H20O2.Ni/c1-4-6-7-11-10(5-2)8-9(3)12(14)13(11)15;/h8,14-15H,4-7H2,1-3H3;/q;+2/p-2. The smallest absolute Gasteiger partial charge is 0.873 e. The van der Waals surface area contributed by atoms with Gasteiger partial charge in [0.2, 0.25) is 0 Å². The second-order valence-corrected chi connectivity index (χ2v) is 3.95. The van der Waals surface area contributed by atoms with Gasteiger partial charge in [0, 0.05) is 0 Å². The van der Waals surface area contributed by atoms with Gasteiger partial charge in [-0.3, -0.25) is 0 Å². The summed E-state index contributed by atoms with van der Waals surface area (Å²) >= 11 is 0. The van der Waals surface area contributed by atoms with E-state index in [1.807, 2.05) is 13.0 Å². The maximum atomic E-state index is 11.8. The van der Waals surface area contributed by atoms with Gasteiger partial charge in [0.05, 0.1) is 0 Å². The normalized spacial score (nSPS) is 9.94. The molecule has 16 heavy (non-hydrogen) atoms. The van der Waals surface area contributed by atoms with Crippen molar-refractivity contribution in [1.82, 2.24) is 0 Å². The molecule has 0 saturated carbocycles. The van der Waals surface area contributed by atoms with E-state index in [4.69, 9.17) is 0 Å². The van der Waals surface area contributed by atoms with Gasteiger partial charge in [0.1, 0.15) is 0 Å². The third-order valence-corrected chi connectivity index (χ3v) is 2.78. The number of unbranched alkanes of at least 4 members (excludes halogenated alkanes) is 1. The predicted octanol–water partition coefficient (Wildman–Crippen LogP) is 2.04. The molecule has 1 rings (SSSR count). The molecule has 0 heterocycles. The van der Waals surface area contributed by atoms with Crippen LogP contribution in [0, 0.1) is 6.92 Å². The molecule has 0 radical (unpaired) electrons. The Morgan fingerprint density at radius 2 is 1.75 bits per heavy atom. The molecule has 0 fully saturated rings. The van der Waals surface area contributed by atoms with Gasteiger partial charge < -0.3 is 10.2 Å². The predicted molar refractivity (Wildman–Crippen MR) is 58.1 cm³/mol. The van der Waals surface area contributed by atoms with Crippen molar-refractivity contribution in [3.63, 3.8) is 0 Å². The minimum atomic E-state index is -0.321. The molecule has 1 aromatic rings. The van der Waals surface area contributed by atoms with Crippen LogP contribution in [0.15, 0.2) is 6.07 Å². The van der Waals surface area contributed by atoms with E-state index in [-0.39, 0.29) is 28.0 Å². The first kappa shape index (κ1) is 15.3. The van der Waals surface area contributed by atoms with Gasteiger partial charge in [-0.25, -0.2) is 0 Å². The Morgan fingerprint density at radius 1 is 1.12 bits per heavy atom. The Labute approximate surface area is 108 Å². The van der Waals surface area contributed by atoms with Gasteiger partial charge in [0.25, 0.3) is 0 Å². The quantitative estimate of drug-likeness (QED) is 0.782. The fourth-order valence-corrected chi connectivity index (χ4v) is 1.82. The van der Waals surface area contributed by atoms with Crippen LogP contribution >= 0.6 is 0 Å². The first-order valence-electron chi connectivity index (χ1n) is 5.61. The van der Waals surface area contributed by atoms with E-state index in [9.17, 15) is 10.2 Å². The number of hydrogen-bond acceptors (Lipinski definition) is 2. The Hall–Kier alpha value is -0.686. The minimum Gasteiger partial charge on any atom is -0.873 e. The van der Waals surface area contributed by atoms with Crippen molar-refractivity contribution >= 4 is 0 Å². The fourth-order valence-electron chi connectivity index (χ4n) is 1.82. The molecule has 0 aromatic heterocycles. The van der Waals surface area contributed by atoms with E-state index in [2.05, 4.69) is 6.92 Å². The SMILES string of the molecule is CCCCc1c(CC)cc(C)c([O-])c1[O-].[Ni+2]. The van der Waals surface area contributed by atoms with Crippen molar-refractivity contribution in [1.29, 1.82) is 0 Å². The molecule has 2 nitrogen and oxygen atoms in total. The maximum absolute atomic E-state index is 11.8. The molecule has 0 atom stereocenters.